The lowest BCUT2D eigenvalue weighted by atomic mass is 9.97. The molecule has 1 fully saturated rings. The number of para-hydroxylation sites is 1. The van der Waals surface area contributed by atoms with Gasteiger partial charge in [-0.2, -0.15) is 0 Å². The average molecular weight is 374 g/mol. The molecule has 3 rings (SSSR count). The van der Waals surface area contributed by atoms with Crippen molar-refractivity contribution in [3.05, 3.63) is 53.1 Å². The van der Waals surface area contributed by atoms with Crippen LogP contribution in [0.4, 0.5) is 5.69 Å². The molecule has 7 nitrogen and oxygen atoms in total. The van der Waals surface area contributed by atoms with E-state index in [9.17, 15) is 13.2 Å². The molecule has 1 aliphatic rings. The number of aromatic nitrogens is 2. The lowest BCUT2D eigenvalue weighted by Crippen LogP contribution is -2.49. The molecular weight excluding hydrogens is 352 g/mol. The number of hydrogen-bond donors (Lipinski definition) is 1. The first-order valence-corrected chi connectivity index (χ1v) is 10.1. The topological polar surface area (TPSA) is 92.3 Å². The van der Waals surface area contributed by atoms with E-state index in [4.69, 9.17) is 0 Å². The molecule has 1 aromatic heterocycles. The van der Waals surface area contributed by atoms with Gasteiger partial charge in [-0.15, -0.1) is 0 Å². The molecule has 1 aliphatic heterocycles. The number of nitrogens with zero attached hydrogens (tertiary/aromatic N) is 3. The van der Waals surface area contributed by atoms with Crippen molar-refractivity contribution in [2.24, 2.45) is 0 Å². The molecule has 0 aliphatic carbocycles. The van der Waals surface area contributed by atoms with Gasteiger partial charge in [-0.25, -0.2) is 18.4 Å². The predicted octanol–water partition coefficient (Wildman–Crippen LogP) is 2.09. The summed E-state index contributed by atoms with van der Waals surface area (Å²) < 4.78 is 26.2. The van der Waals surface area contributed by atoms with Gasteiger partial charge in [0.1, 0.15) is 5.82 Å². The molecule has 0 bridgehead atoms. The van der Waals surface area contributed by atoms with Gasteiger partial charge in [0, 0.05) is 24.5 Å². The van der Waals surface area contributed by atoms with Crippen LogP contribution in [-0.2, 0) is 10.0 Å². The Morgan fingerprint density at radius 2 is 1.81 bits per heavy atom. The van der Waals surface area contributed by atoms with E-state index in [0.717, 1.165) is 17.2 Å². The Hall–Kier alpha value is -2.48. The Morgan fingerprint density at radius 1 is 1.19 bits per heavy atom. The molecule has 1 aromatic carbocycles. The van der Waals surface area contributed by atoms with E-state index in [1.807, 2.05) is 19.9 Å². The number of nitrogens with one attached hydrogen (secondary N) is 1. The maximum absolute atomic E-state index is 12.8. The van der Waals surface area contributed by atoms with Crippen LogP contribution >= 0.6 is 0 Å². The number of amides is 1. The highest BCUT2D eigenvalue weighted by molar-refractivity contribution is 7.92. The maximum Gasteiger partial charge on any atom is 0.256 e. The van der Waals surface area contributed by atoms with Crippen molar-refractivity contribution in [2.45, 2.75) is 26.7 Å². The molecule has 1 saturated heterocycles. The van der Waals surface area contributed by atoms with Crippen LogP contribution in [0, 0.1) is 13.8 Å². The van der Waals surface area contributed by atoms with Crippen LogP contribution in [0.3, 0.4) is 0 Å². The second kappa shape index (κ2) is 7.03. The molecule has 0 saturated carbocycles. The third-order valence-corrected chi connectivity index (χ3v) is 5.63. The van der Waals surface area contributed by atoms with Gasteiger partial charge < -0.3 is 4.90 Å². The van der Waals surface area contributed by atoms with Crippen LogP contribution in [0.5, 0.6) is 0 Å². The van der Waals surface area contributed by atoms with Gasteiger partial charge in [0.2, 0.25) is 10.0 Å². The van der Waals surface area contributed by atoms with E-state index in [2.05, 4.69) is 14.7 Å². The van der Waals surface area contributed by atoms with Crippen molar-refractivity contribution in [3.63, 3.8) is 0 Å². The van der Waals surface area contributed by atoms with Crippen molar-refractivity contribution < 1.29 is 13.2 Å². The van der Waals surface area contributed by atoms with Gasteiger partial charge >= 0.3 is 0 Å². The molecule has 0 atom stereocenters. The van der Waals surface area contributed by atoms with E-state index in [1.165, 1.54) is 0 Å². The number of hydrogen-bond acceptors (Lipinski definition) is 5. The lowest BCUT2D eigenvalue weighted by Gasteiger charge is -2.38. The Labute approximate surface area is 153 Å². The minimum absolute atomic E-state index is 0.0502. The fourth-order valence-corrected chi connectivity index (χ4v) is 3.57. The van der Waals surface area contributed by atoms with E-state index in [0.29, 0.717) is 24.3 Å². The van der Waals surface area contributed by atoms with E-state index in [1.54, 1.807) is 36.1 Å². The molecule has 0 spiro atoms. The number of carbonyl (C=O) groups is 1. The lowest BCUT2D eigenvalue weighted by molar-refractivity contribution is 0.0595. The molecule has 138 valence electrons. The highest BCUT2D eigenvalue weighted by Crippen LogP contribution is 2.28. The number of aryl methyl sites for hydroxylation is 2. The number of rotatable bonds is 5. The van der Waals surface area contributed by atoms with E-state index < -0.39 is 10.0 Å². The van der Waals surface area contributed by atoms with Gasteiger partial charge in [0.15, 0.2) is 0 Å². The van der Waals surface area contributed by atoms with Crippen molar-refractivity contribution in [1.82, 2.24) is 14.9 Å². The molecule has 2 heterocycles. The monoisotopic (exact) mass is 374 g/mol. The van der Waals surface area contributed by atoms with E-state index in [-0.39, 0.29) is 17.6 Å². The number of likely N-dealkylation sites (tertiary alicyclic amines) is 1. The van der Waals surface area contributed by atoms with Crippen molar-refractivity contribution >= 4 is 21.6 Å². The summed E-state index contributed by atoms with van der Waals surface area (Å²) in [7, 11) is -3.45. The first-order valence-electron chi connectivity index (χ1n) is 8.50. The highest BCUT2D eigenvalue weighted by Gasteiger charge is 2.35. The maximum atomic E-state index is 12.8. The van der Waals surface area contributed by atoms with Crippen LogP contribution < -0.4 is 4.72 Å². The summed E-state index contributed by atoms with van der Waals surface area (Å²) in [6, 6.07) is 8.58. The predicted molar refractivity (Wildman–Crippen MR) is 99.7 cm³/mol. The Morgan fingerprint density at radius 3 is 2.42 bits per heavy atom. The van der Waals surface area contributed by atoms with Crippen LogP contribution in [0.25, 0.3) is 0 Å². The molecule has 2 aromatic rings. The largest absolute Gasteiger partial charge is 0.337 e. The SMILES string of the molecule is CCS(=O)(=O)Nc1ccccc1C(=O)N1CC(c2nc(C)cc(C)n2)C1. The summed E-state index contributed by atoms with van der Waals surface area (Å²) in [4.78, 5) is 23.4. The zero-order chi connectivity index (χ0) is 18.9. The minimum Gasteiger partial charge on any atom is -0.337 e. The molecule has 8 heteroatoms. The molecule has 26 heavy (non-hydrogen) atoms. The summed E-state index contributed by atoms with van der Waals surface area (Å²) >= 11 is 0. The highest BCUT2D eigenvalue weighted by atomic mass is 32.2. The summed E-state index contributed by atoms with van der Waals surface area (Å²) in [6.45, 7) is 6.45. The van der Waals surface area contributed by atoms with Gasteiger partial charge in [-0.1, -0.05) is 12.1 Å². The Kier molecular flexibility index (Phi) is 4.95. The molecular formula is C18H22N4O3S. The number of carbonyl (C=O) groups excluding carboxylic acids is 1. The normalized spacial score (nSPS) is 14.8. The van der Waals surface area contributed by atoms with Crippen molar-refractivity contribution in [2.75, 3.05) is 23.6 Å². The number of benzene rings is 1. The van der Waals surface area contributed by atoms with Crippen LogP contribution in [0.15, 0.2) is 30.3 Å². The summed E-state index contributed by atoms with van der Waals surface area (Å²) in [5.41, 5.74) is 2.49. The van der Waals surface area contributed by atoms with Gasteiger partial charge in [0.05, 0.1) is 22.9 Å². The standard InChI is InChI=1S/C18H22N4O3S/c1-4-26(24,25)21-16-8-6-5-7-15(16)18(23)22-10-14(11-22)17-19-12(2)9-13(3)20-17/h5-9,14,21H,4,10-11H2,1-3H3. The Bertz CT molecular complexity index is 917. The third-order valence-electron chi connectivity index (χ3n) is 4.34. The van der Waals surface area contributed by atoms with Crippen LogP contribution in [-0.4, -0.2) is 48.0 Å². The minimum atomic E-state index is -3.45. The van der Waals surface area contributed by atoms with Crippen molar-refractivity contribution in [3.8, 4) is 0 Å². The first kappa shape index (κ1) is 18.3. The van der Waals surface area contributed by atoms with Crippen LogP contribution in [0.2, 0.25) is 0 Å². The fourth-order valence-electron chi connectivity index (χ4n) is 2.91. The average Bonchev–Trinajstić information content (AvgIpc) is 2.52. The summed E-state index contributed by atoms with van der Waals surface area (Å²) in [6.07, 6.45) is 0. The van der Waals surface area contributed by atoms with Gasteiger partial charge in [-0.3, -0.25) is 9.52 Å². The van der Waals surface area contributed by atoms with Crippen LogP contribution in [0.1, 0.15) is 40.4 Å². The zero-order valence-corrected chi connectivity index (χ0v) is 15.9. The molecule has 1 amide bonds. The molecule has 0 radical (unpaired) electrons. The molecule has 0 unspecified atom stereocenters. The number of sulfonamides is 1. The van der Waals surface area contributed by atoms with Gasteiger partial charge in [-0.05, 0) is 39.0 Å². The molecule has 1 N–H and O–H groups in total. The first-order chi connectivity index (χ1) is 12.3. The van der Waals surface area contributed by atoms with Crippen molar-refractivity contribution in [1.29, 1.82) is 0 Å². The summed E-state index contributed by atoms with van der Waals surface area (Å²) in [5, 5.41) is 0. The summed E-state index contributed by atoms with van der Waals surface area (Å²) in [5.74, 6) is 0.620. The smallest absolute Gasteiger partial charge is 0.256 e. The van der Waals surface area contributed by atoms with E-state index >= 15 is 0 Å². The Balaban J connectivity index is 1.74. The quantitative estimate of drug-likeness (QED) is 0.865. The second-order valence-corrected chi connectivity index (χ2v) is 8.48. The van der Waals surface area contributed by atoms with Gasteiger partial charge in [0.25, 0.3) is 5.91 Å². The fraction of sp³-hybridized carbons (Fsp3) is 0.389. The number of anilines is 1. The zero-order valence-electron chi connectivity index (χ0n) is 15.1. The second-order valence-electron chi connectivity index (χ2n) is 6.47. The third kappa shape index (κ3) is 3.85.